The summed E-state index contributed by atoms with van der Waals surface area (Å²) < 4.78 is 0. The van der Waals surface area contributed by atoms with Crippen LogP contribution in [0.5, 0.6) is 0 Å². The summed E-state index contributed by atoms with van der Waals surface area (Å²) in [6.45, 7) is 1.51. The highest BCUT2D eigenvalue weighted by molar-refractivity contribution is 8.00. The Morgan fingerprint density at radius 2 is 2.24 bits per heavy atom. The number of thioether (sulfide) groups is 1. The molecule has 2 rings (SSSR count). The summed E-state index contributed by atoms with van der Waals surface area (Å²) in [5.41, 5.74) is 5.76. The van der Waals surface area contributed by atoms with Crippen molar-refractivity contribution in [3.63, 3.8) is 0 Å². The van der Waals surface area contributed by atoms with Crippen molar-refractivity contribution in [2.45, 2.75) is 17.4 Å². The molecule has 2 N–H and O–H groups in total. The van der Waals surface area contributed by atoms with E-state index in [0.717, 1.165) is 17.9 Å². The van der Waals surface area contributed by atoms with Crippen LogP contribution in [0.15, 0.2) is 29.4 Å². The molecule has 1 aliphatic rings. The molecule has 1 aliphatic heterocycles. The summed E-state index contributed by atoms with van der Waals surface area (Å²) >= 11 is 1.54. The van der Waals surface area contributed by atoms with E-state index in [0.29, 0.717) is 12.3 Å². The molecule has 6 heteroatoms. The Morgan fingerprint density at radius 1 is 1.53 bits per heavy atom. The van der Waals surface area contributed by atoms with Crippen molar-refractivity contribution < 1.29 is 4.79 Å². The number of hydrogen-bond acceptors (Lipinski definition) is 4. The SMILES string of the molecule is Cl.N[C@H]1CCN(C(=O)CSc2ccncc2)C1. The van der Waals surface area contributed by atoms with Crippen LogP contribution in [-0.2, 0) is 4.79 Å². The Balaban J connectivity index is 0.00000144. The van der Waals surface area contributed by atoms with Gasteiger partial charge in [0.1, 0.15) is 0 Å². The van der Waals surface area contributed by atoms with Crippen molar-refractivity contribution >= 4 is 30.1 Å². The second kappa shape index (κ2) is 6.83. The smallest absolute Gasteiger partial charge is 0.232 e. The molecule has 0 radical (unpaired) electrons. The van der Waals surface area contributed by atoms with Crippen LogP contribution < -0.4 is 5.73 Å². The zero-order valence-electron chi connectivity index (χ0n) is 9.41. The molecular weight excluding hydrogens is 258 g/mol. The summed E-state index contributed by atoms with van der Waals surface area (Å²) in [7, 11) is 0. The number of pyridine rings is 1. The van der Waals surface area contributed by atoms with Crippen LogP contribution in [0.1, 0.15) is 6.42 Å². The van der Waals surface area contributed by atoms with Crippen molar-refractivity contribution in [1.29, 1.82) is 0 Å². The normalized spacial score (nSPS) is 18.9. The van der Waals surface area contributed by atoms with E-state index in [1.54, 1.807) is 24.2 Å². The number of rotatable bonds is 3. The molecule has 0 saturated carbocycles. The number of amides is 1. The van der Waals surface area contributed by atoms with Gasteiger partial charge in [-0.3, -0.25) is 9.78 Å². The number of carbonyl (C=O) groups is 1. The Labute approximate surface area is 111 Å². The van der Waals surface area contributed by atoms with Crippen LogP contribution in [0.25, 0.3) is 0 Å². The van der Waals surface area contributed by atoms with Gasteiger partial charge in [0.05, 0.1) is 5.75 Å². The zero-order chi connectivity index (χ0) is 11.4. The van der Waals surface area contributed by atoms with Gasteiger partial charge in [0.15, 0.2) is 0 Å². The van der Waals surface area contributed by atoms with Crippen LogP contribution in [0, 0.1) is 0 Å². The number of halogens is 1. The number of likely N-dealkylation sites (tertiary alicyclic amines) is 1. The molecule has 0 aromatic carbocycles. The second-order valence-corrected chi connectivity index (χ2v) is 4.91. The molecule has 17 heavy (non-hydrogen) atoms. The summed E-state index contributed by atoms with van der Waals surface area (Å²) in [6, 6.07) is 3.98. The fourth-order valence-corrected chi connectivity index (χ4v) is 2.47. The fourth-order valence-electron chi connectivity index (χ4n) is 1.68. The molecule has 94 valence electrons. The first-order chi connectivity index (χ1) is 7.75. The molecule has 1 aromatic heterocycles. The quantitative estimate of drug-likeness (QED) is 0.840. The van der Waals surface area contributed by atoms with Crippen LogP contribution in [-0.4, -0.2) is 40.7 Å². The van der Waals surface area contributed by atoms with Crippen LogP contribution >= 0.6 is 24.2 Å². The molecule has 1 amide bonds. The van der Waals surface area contributed by atoms with E-state index in [-0.39, 0.29) is 24.4 Å². The summed E-state index contributed by atoms with van der Waals surface area (Å²) in [6.07, 6.45) is 4.39. The first-order valence-corrected chi connectivity index (χ1v) is 6.30. The maximum Gasteiger partial charge on any atom is 0.232 e. The molecule has 0 spiro atoms. The lowest BCUT2D eigenvalue weighted by molar-refractivity contribution is -0.127. The third-order valence-corrected chi connectivity index (χ3v) is 3.59. The number of hydrogen-bond donors (Lipinski definition) is 1. The summed E-state index contributed by atoms with van der Waals surface area (Å²) in [5, 5.41) is 0. The molecule has 1 atom stereocenters. The minimum Gasteiger partial charge on any atom is -0.340 e. The van der Waals surface area contributed by atoms with Gasteiger partial charge in [-0.15, -0.1) is 24.2 Å². The van der Waals surface area contributed by atoms with Crippen LogP contribution in [0.3, 0.4) is 0 Å². The van der Waals surface area contributed by atoms with Crippen molar-refractivity contribution in [3.05, 3.63) is 24.5 Å². The summed E-state index contributed by atoms with van der Waals surface area (Å²) in [4.78, 5) is 18.7. The zero-order valence-corrected chi connectivity index (χ0v) is 11.0. The van der Waals surface area contributed by atoms with Gasteiger partial charge >= 0.3 is 0 Å². The number of nitrogens with zero attached hydrogens (tertiary/aromatic N) is 2. The maximum absolute atomic E-state index is 11.8. The first-order valence-electron chi connectivity index (χ1n) is 5.32. The summed E-state index contributed by atoms with van der Waals surface area (Å²) in [5.74, 6) is 0.659. The van der Waals surface area contributed by atoms with E-state index in [1.807, 2.05) is 17.0 Å². The minimum absolute atomic E-state index is 0. The molecular formula is C11H16ClN3OS. The predicted octanol–water partition coefficient (Wildman–Crippen LogP) is 1.16. The molecule has 1 aromatic rings. The second-order valence-electron chi connectivity index (χ2n) is 3.86. The average molecular weight is 274 g/mol. The number of nitrogens with two attached hydrogens (primary N) is 1. The molecule has 0 aliphatic carbocycles. The van der Waals surface area contributed by atoms with Gasteiger partial charge in [0, 0.05) is 36.4 Å². The lowest BCUT2D eigenvalue weighted by Crippen LogP contribution is -2.33. The highest BCUT2D eigenvalue weighted by atomic mass is 35.5. The lowest BCUT2D eigenvalue weighted by atomic mass is 10.3. The topological polar surface area (TPSA) is 59.2 Å². The van der Waals surface area contributed by atoms with Gasteiger partial charge in [0.25, 0.3) is 0 Å². The standard InChI is InChI=1S/C11H15N3OS.ClH/c12-9-3-6-14(7-9)11(15)8-16-10-1-4-13-5-2-10;/h1-2,4-5,9H,3,6-8,12H2;1H/t9-;/m0./s1. The average Bonchev–Trinajstić information content (AvgIpc) is 2.74. The van der Waals surface area contributed by atoms with Crippen molar-refractivity contribution in [2.24, 2.45) is 5.73 Å². The van der Waals surface area contributed by atoms with Gasteiger partial charge in [-0.05, 0) is 18.6 Å². The van der Waals surface area contributed by atoms with E-state index in [2.05, 4.69) is 4.98 Å². The third kappa shape index (κ3) is 4.18. The molecule has 1 saturated heterocycles. The number of carbonyl (C=O) groups excluding carboxylic acids is 1. The lowest BCUT2D eigenvalue weighted by Gasteiger charge is -2.15. The highest BCUT2D eigenvalue weighted by Gasteiger charge is 2.23. The molecule has 4 nitrogen and oxygen atoms in total. The van der Waals surface area contributed by atoms with E-state index < -0.39 is 0 Å². The Morgan fingerprint density at radius 3 is 2.82 bits per heavy atom. The number of aromatic nitrogens is 1. The van der Waals surface area contributed by atoms with Gasteiger partial charge in [-0.2, -0.15) is 0 Å². The molecule has 2 heterocycles. The minimum atomic E-state index is 0. The largest absolute Gasteiger partial charge is 0.340 e. The highest BCUT2D eigenvalue weighted by Crippen LogP contribution is 2.18. The van der Waals surface area contributed by atoms with E-state index in [4.69, 9.17) is 5.73 Å². The first kappa shape index (κ1) is 14.3. The monoisotopic (exact) mass is 273 g/mol. The van der Waals surface area contributed by atoms with E-state index in [9.17, 15) is 4.79 Å². The molecule has 0 unspecified atom stereocenters. The van der Waals surface area contributed by atoms with Gasteiger partial charge in [0.2, 0.25) is 5.91 Å². The van der Waals surface area contributed by atoms with Crippen molar-refractivity contribution in [3.8, 4) is 0 Å². The van der Waals surface area contributed by atoms with Crippen LogP contribution in [0.2, 0.25) is 0 Å². The molecule has 1 fully saturated rings. The Hall–Kier alpha value is -0.780. The predicted molar refractivity (Wildman–Crippen MR) is 71.4 cm³/mol. The Bertz CT molecular complexity index is 363. The van der Waals surface area contributed by atoms with Crippen LogP contribution in [0.4, 0.5) is 0 Å². The van der Waals surface area contributed by atoms with Crippen molar-refractivity contribution in [1.82, 2.24) is 9.88 Å². The fraction of sp³-hybridized carbons (Fsp3) is 0.455. The van der Waals surface area contributed by atoms with Crippen molar-refractivity contribution in [2.75, 3.05) is 18.8 Å². The van der Waals surface area contributed by atoms with E-state index >= 15 is 0 Å². The van der Waals surface area contributed by atoms with E-state index in [1.165, 1.54) is 0 Å². The van der Waals surface area contributed by atoms with Gasteiger partial charge in [-0.1, -0.05) is 0 Å². The van der Waals surface area contributed by atoms with Gasteiger partial charge < -0.3 is 10.6 Å². The third-order valence-electron chi connectivity index (χ3n) is 2.59. The van der Waals surface area contributed by atoms with Gasteiger partial charge in [-0.25, -0.2) is 0 Å². The Kier molecular flexibility index (Phi) is 5.74. The maximum atomic E-state index is 11.8. The molecule has 0 bridgehead atoms.